The zero-order valence-electron chi connectivity index (χ0n) is 15.4. The number of rotatable bonds is 2. The zero-order chi connectivity index (χ0) is 18.5. The van der Waals surface area contributed by atoms with Crippen LogP contribution in [0.25, 0.3) is 21.9 Å². The number of halogens is 1. The molecule has 1 saturated heterocycles. The molecule has 2 aromatic heterocycles. The minimum Gasteiger partial charge on any atom is -0.323 e. The fourth-order valence-electron chi connectivity index (χ4n) is 4.81. The Bertz CT molecular complexity index is 1070. The highest BCUT2D eigenvalue weighted by Gasteiger charge is 2.33. The molecule has 138 valence electrons. The van der Waals surface area contributed by atoms with Gasteiger partial charge < -0.3 is 9.47 Å². The lowest BCUT2D eigenvalue weighted by Crippen LogP contribution is -2.19. The SMILES string of the molecule is CN1CCC(n2c(C3CCC(F)C3)nc3cnc4ccc(C#N)cc4c32)C1. The molecule has 2 fully saturated rings. The van der Waals surface area contributed by atoms with Crippen molar-refractivity contribution in [1.82, 2.24) is 19.4 Å². The van der Waals surface area contributed by atoms with Gasteiger partial charge >= 0.3 is 0 Å². The van der Waals surface area contributed by atoms with E-state index in [2.05, 4.69) is 27.6 Å². The molecule has 1 aliphatic heterocycles. The van der Waals surface area contributed by atoms with E-state index in [4.69, 9.17) is 4.98 Å². The Hall–Kier alpha value is -2.52. The number of nitrogens with zero attached hydrogens (tertiary/aromatic N) is 5. The summed E-state index contributed by atoms with van der Waals surface area (Å²) in [5, 5.41) is 10.3. The van der Waals surface area contributed by atoms with Gasteiger partial charge in [0.2, 0.25) is 0 Å². The summed E-state index contributed by atoms with van der Waals surface area (Å²) in [6.07, 6.45) is 4.18. The molecule has 1 aromatic carbocycles. The first-order valence-electron chi connectivity index (χ1n) is 9.67. The van der Waals surface area contributed by atoms with E-state index < -0.39 is 6.17 Å². The Kier molecular flexibility index (Phi) is 3.87. The minimum atomic E-state index is -0.727. The first kappa shape index (κ1) is 16.6. The summed E-state index contributed by atoms with van der Waals surface area (Å²) in [6, 6.07) is 8.17. The third-order valence-corrected chi connectivity index (χ3v) is 6.14. The van der Waals surface area contributed by atoms with Crippen molar-refractivity contribution in [2.24, 2.45) is 0 Å². The molecule has 5 rings (SSSR count). The third-order valence-electron chi connectivity index (χ3n) is 6.14. The minimum absolute atomic E-state index is 0.160. The Balaban J connectivity index is 1.79. The number of alkyl halides is 1. The number of nitriles is 1. The van der Waals surface area contributed by atoms with E-state index in [0.29, 0.717) is 24.4 Å². The summed E-state index contributed by atoms with van der Waals surface area (Å²) in [7, 11) is 2.14. The average Bonchev–Trinajstić information content (AvgIpc) is 3.38. The van der Waals surface area contributed by atoms with Crippen LogP contribution in [0.15, 0.2) is 24.4 Å². The van der Waals surface area contributed by atoms with Gasteiger partial charge in [0.25, 0.3) is 0 Å². The predicted octanol–water partition coefficient (Wildman–Crippen LogP) is 3.94. The predicted molar refractivity (Wildman–Crippen MR) is 102 cm³/mol. The molecule has 1 aliphatic carbocycles. The van der Waals surface area contributed by atoms with Crippen molar-refractivity contribution in [2.45, 2.75) is 43.8 Å². The van der Waals surface area contributed by atoms with Crippen LogP contribution in [0.2, 0.25) is 0 Å². The number of fused-ring (bicyclic) bond motifs is 3. The van der Waals surface area contributed by atoms with E-state index >= 15 is 0 Å². The van der Waals surface area contributed by atoms with Gasteiger partial charge in [-0.3, -0.25) is 4.98 Å². The lowest BCUT2D eigenvalue weighted by molar-refractivity contribution is 0.336. The number of aromatic nitrogens is 3. The summed E-state index contributed by atoms with van der Waals surface area (Å²) < 4.78 is 16.3. The summed E-state index contributed by atoms with van der Waals surface area (Å²) in [6.45, 7) is 2.01. The second-order valence-electron chi connectivity index (χ2n) is 7.99. The lowest BCUT2D eigenvalue weighted by Gasteiger charge is -2.20. The van der Waals surface area contributed by atoms with Gasteiger partial charge in [-0.15, -0.1) is 0 Å². The fraction of sp³-hybridized carbons (Fsp3) is 0.476. The maximum Gasteiger partial charge on any atom is 0.113 e. The molecule has 3 aromatic rings. The van der Waals surface area contributed by atoms with E-state index in [9.17, 15) is 9.65 Å². The number of likely N-dealkylation sites (tertiary alicyclic amines) is 1. The van der Waals surface area contributed by atoms with Gasteiger partial charge in [0, 0.05) is 23.9 Å². The van der Waals surface area contributed by atoms with Crippen molar-refractivity contribution >= 4 is 21.9 Å². The molecule has 0 amide bonds. The molecule has 6 heteroatoms. The van der Waals surface area contributed by atoms with E-state index in [0.717, 1.165) is 53.7 Å². The monoisotopic (exact) mass is 363 g/mol. The second-order valence-corrected chi connectivity index (χ2v) is 7.99. The maximum absolute atomic E-state index is 13.9. The molecule has 3 atom stereocenters. The Labute approximate surface area is 157 Å². The van der Waals surface area contributed by atoms with Crippen molar-refractivity contribution in [3.63, 3.8) is 0 Å². The molecule has 0 spiro atoms. The quantitative estimate of drug-likeness (QED) is 0.692. The van der Waals surface area contributed by atoms with Crippen LogP contribution in [0, 0.1) is 11.3 Å². The highest BCUT2D eigenvalue weighted by atomic mass is 19.1. The van der Waals surface area contributed by atoms with Gasteiger partial charge in [-0.25, -0.2) is 9.37 Å². The molecule has 1 saturated carbocycles. The Morgan fingerprint density at radius 2 is 2.11 bits per heavy atom. The topological polar surface area (TPSA) is 57.7 Å². The highest BCUT2D eigenvalue weighted by molar-refractivity contribution is 6.03. The number of hydrogen-bond donors (Lipinski definition) is 0. The van der Waals surface area contributed by atoms with E-state index in [-0.39, 0.29) is 5.92 Å². The molecule has 27 heavy (non-hydrogen) atoms. The first-order valence-corrected chi connectivity index (χ1v) is 9.67. The van der Waals surface area contributed by atoms with E-state index in [1.807, 2.05) is 18.3 Å². The van der Waals surface area contributed by atoms with Crippen LogP contribution in [0.5, 0.6) is 0 Å². The number of pyridine rings is 1. The van der Waals surface area contributed by atoms with Crippen molar-refractivity contribution in [3.05, 3.63) is 35.8 Å². The van der Waals surface area contributed by atoms with Gasteiger partial charge in [-0.05, 0) is 57.5 Å². The van der Waals surface area contributed by atoms with Crippen LogP contribution < -0.4 is 0 Å². The van der Waals surface area contributed by atoms with Crippen LogP contribution in [0.3, 0.4) is 0 Å². The average molecular weight is 363 g/mol. The second kappa shape index (κ2) is 6.28. The molecule has 5 nitrogen and oxygen atoms in total. The van der Waals surface area contributed by atoms with Crippen molar-refractivity contribution in [2.75, 3.05) is 20.1 Å². The van der Waals surface area contributed by atoms with Crippen LogP contribution in [0.4, 0.5) is 4.39 Å². The van der Waals surface area contributed by atoms with Gasteiger partial charge in [0.05, 0.1) is 28.9 Å². The van der Waals surface area contributed by atoms with E-state index in [1.165, 1.54) is 0 Å². The smallest absolute Gasteiger partial charge is 0.113 e. The first-order chi connectivity index (χ1) is 13.1. The third kappa shape index (κ3) is 2.69. The Morgan fingerprint density at radius 1 is 1.22 bits per heavy atom. The van der Waals surface area contributed by atoms with Gasteiger partial charge in [0.15, 0.2) is 0 Å². The van der Waals surface area contributed by atoms with Gasteiger partial charge in [0.1, 0.15) is 17.5 Å². The maximum atomic E-state index is 13.9. The van der Waals surface area contributed by atoms with Crippen molar-refractivity contribution < 1.29 is 4.39 Å². The Morgan fingerprint density at radius 3 is 2.81 bits per heavy atom. The number of likely N-dealkylation sites (N-methyl/N-ethyl adjacent to an activating group) is 1. The van der Waals surface area contributed by atoms with Gasteiger partial charge in [-0.2, -0.15) is 5.26 Å². The van der Waals surface area contributed by atoms with Crippen LogP contribution in [-0.2, 0) is 0 Å². The fourth-order valence-corrected chi connectivity index (χ4v) is 4.81. The standard InChI is InChI=1S/C21H22FN5/c1-26-7-6-16(12-26)27-20-17-8-13(10-23)2-5-18(17)24-11-19(20)25-21(27)14-3-4-15(22)9-14/h2,5,8,11,14-16H,3-4,6-7,9,12H2,1H3. The zero-order valence-corrected chi connectivity index (χ0v) is 15.4. The molecule has 2 aliphatic rings. The summed E-state index contributed by atoms with van der Waals surface area (Å²) in [5.74, 6) is 1.16. The van der Waals surface area contributed by atoms with Crippen LogP contribution >= 0.6 is 0 Å². The molecule has 0 N–H and O–H groups in total. The van der Waals surface area contributed by atoms with Crippen molar-refractivity contribution in [3.8, 4) is 6.07 Å². The molecule has 0 bridgehead atoms. The molecule has 3 unspecified atom stereocenters. The van der Waals surface area contributed by atoms with Gasteiger partial charge in [-0.1, -0.05) is 0 Å². The lowest BCUT2D eigenvalue weighted by atomic mass is 10.1. The van der Waals surface area contributed by atoms with Crippen LogP contribution in [0.1, 0.15) is 49.0 Å². The molecule has 3 heterocycles. The number of imidazole rings is 1. The largest absolute Gasteiger partial charge is 0.323 e. The van der Waals surface area contributed by atoms with Crippen LogP contribution in [-0.4, -0.2) is 45.7 Å². The molecule has 0 radical (unpaired) electrons. The highest BCUT2D eigenvalue weighted by Crippen LogP contribution is 2.40. The summed E-state index contributed by atoms with van der Waals surface area (Å²) >= 11 is 0. The number of hydrogen-bond acceptors (Lipinski definition) is 4. The molecular formula is C21H22FN5. The summed E-state index contributed by atoms with van der Waals surface area (Å²) in [4.78, 5) is 11.8. The van der Waals surface area contributed by atoms with E-state index in [1.54, 1.807) is 6.07 Å². The molecular weight excluding hydrogens is 341 g/mol. The normalized spacial score (nSPS) is 26.2. The summed E-state index contributed by atoms with van der Waals surface area (Å²) in [5.41, 5.74) is 3.40. The van der Waals surface area contributed by atoms with Crippen molar-refractivity contribution in [1.29, 1.82) is 5.26 Å². The number of benzene rings is 1.